The highest BCUT2D eigenvalue weighted by molar-refractivity contribution is 5.76. The maximum absolute atomic E-state index is 12.9. The predicted molar refractivity (Wildman–Crippen MR) is 672 cm³/mol. The lowest BCUT2D eigenvalue weighted by molar-refractivity contribution is -0.122. The van der Waals surface area contributed by atoms with E-state index >= 15 is 0 Å². The first-order valence-electron chi connectivity index (χ1n) is 66.9. The molecule has 0 aromatic heterocycles. The van der Waals surface area contributed by atoms with E-state index in [1.165, 1.54) is 617 Å². The van der Waals surface area contributed by atoms with E-state index in [9.17, 15) is 4.79 Å². The molecular weight excluding hydrogens is 1780 g/mol. The number of rotatable bonds is 107. The third kappa shape index (κ3) is 113. The van der Waals surface area contributed by atoms with Crippen LogP contribution in [0.1, 0.15) is 704 Å². The minimum atomic E-state index is 0. The molecule has 0 unspecified atom stereocenters. The highest BCUT2D eigenvalue weighted by atomic mass is 16.1. The van der Waals surface area contributed by atoms with E-state index in [-0.39, 0.29) is 7.43 Å². The Labute approximate surface area is 925 Å². The Bertz CT molecular complexity index is 2750. The Balaban J connectivity index is 0.00000217. The van der Waals surface area contributed by atoms with Crippen molar-refractivity contribution < 1.29 is 4.79 Å². The van der Waals surface area contributed by atoms with Crippen molar-refractivity contribution >= 4 is 5.91 Å². The van der Waals surface area contributed by atoms with Crippen LogP contribution in [0, 0.1) is 17.8 Å². The molecule has 2 N–H and O–H groups in total. The Morgan fingerprint density at radius 1 is 0.224 bits per heavy atom. The second-order valence-corrected chi connectivity index (χ2v) is 46.7. The van der Waals surface area contributed by atoms with Crippen LogP contribution in [0.15, 0.2) is 146 Å². The van der Waals surface area contributed by atoms with E-state index in [2.05, 4.69) is 210 Å². The summed E-state index contributed by atoms with van der Waals surface area (Å²) in [5.41, 5.74) is 0. The largest absolute Gasteiger partial charge is 0.353 e. The molecule has 3 rings (SSSR count). The summed E-state index contributed by atoms with van der Waals surface area (Å²) in [5.74, 6) is 3.30. The van der Waals surface area contributed by atoms with Gasteiger partial charge in [-0.2, -0.15) is 0 Å². The van der Waals surface area contributed by atoms with Crippen molar-refractivity contribution in [3.8, 4) is 0 Å². The van der Waals surface area contributed by atoms with Gasteiger partial charge in [-0.3, -0.25) is 4.79 Å². The molecule has 3 fully saturated rings. The summed E-state index contributed by atoms with van der Waals surface area (Å²) in [6, 6.07) is 1.96. The molecule has 0 aromatic carbocycles. The van der Waals surface area contributed by atoms with Gasteiger partial charge in [-0.1, -0.05) is 586 Å². The minimum absolute atomic E-state index is 0. The van der Waals surface area contributed by atoms with Crippen molar-refractivity contribution in [3.63, 3.8) is 0 Å². The van der Waals surface area contributed by atoms with Gasteiger partial charge in [0.25, 0.3) is 0 Å². The molecule has 1 amide bonds. The smallest absolute Gasteiger partial charge is 0.220 e. The van der Waals surface area contributed by atoms with E-state index in [4.69, 9.17) is 0 Å². The van der Waals surface area contributed by atoms with Crippen LogP contribution in [-0.4, -0.2) is 49.1 Å². The highest BCUT2D eigenvalue weighted by Crippen LogP contribution is 2.32. The molecule has 0 atom stereocenters. The number of allylic oxidation sites excluding steroid dienone is 24. The molecule has 0 saturated heterocycles. The van der Waals surface area contributed by atoms with Crippen molar-refractivity contribution in [2.24, 2.45) is 17.8 Å². The van der Waals surface area contributed by atoms with E-state index in [1.54, 1.807) is 0 Å². The normalized spacial score (nSPS) is 14.6. The van der Waals surface area contributed by atoms with Crippen LogP contribution in [0.4, 0.5) is 0 Å². The summed E-state index contributed by atoms with van der Waals surface area (Å²) >= 11 is 0. The van der Waals surface area contributed by atoms with Gasteiger partial charge in [0.15, 0.2) is 0 Å². The van der Waals surface area contributed by atoms with E-state index < -0.39 is 0 Å². The molecular formula is C143H265N3O. The van der Waals surface area contributed by atoms with E-state index in [0.717, 1.165) is 81.2 Å². The maximum atomic E-state index is 12.9. The molecule has 4 heteroatoms. The van der Waals surface area contributed by atoms with Crippen LogP contribution in [-0.2, 0) is 4.79 Å². The monoisotopic (exact) mass is 2040 g/mol. The van der Waals surface area contributed by atoms with Crippen LogP contribution < -0.4 is 10.6 Å². The number of carbonyl (C=O) groups excluding carboxylic acids is 1. The molecule has 0 aliphatic heterocycles. The standard InChI is InChI=1S/C48H89N.C47H85NO.C47H87N.CH4/c1-4-6-8-10-12-14-16-18-20-22-24-26-28-30-32-37-44-48(49(3)46-40-39-43-47-41-35-34-36-42-47)45-38-33-31-29-27-25-23-21-19-17-15-13-11-9-7-5-2;1-3-5-7-9-11-13-15-17-19-21-23-25-27-29-31-36-42-46(48-47(49)44-38-41-45-39-34-33-35-40-45)43-37-32-30-28-26-24-22-20-18-16-14-12-10-8-6-4-2;1-3-5-7-9-11-13-15-17-19-21-23-25-27-29-31-36-43-47(48-45-39-38-42-46-40-34-33-35-41-46)44-37-32-30-28-26-24-22-20-18-16-14-12-10-8-6-4-2;/h12-15,18-21,47-48H,4-11,16-17,22-46H2,1-3H3;11-14,17-20,45-46H,3-10,15-16,21-44H2,1-2H3,(H,48,49);11-14,17-20,46-48H,3-10,15-16,21-45H2,1-2H3;1H4/b14-12-,15-13-,20-18-,21-19-;2*13-11-,14-12-,19-17-,20-18-;. The van der Waals surface area contributed by atoms with Crippen molar-refractivity contribution in [2.45, 2.75) is 722 Å². The van der Waals surface area contributed by atoms with Crippen molar-refractivity contribution in [3.05, 3.63) is 146 Å². The zero-order valence-electron chi connectivity index (χ0n) is 100. The molecule has 3 aliphatic carbocycles. The summed E-state index contributed by atoms with van der Waals surface area (Å²) in [5, 5.41) is 7.53. The molecule has 0 spiro atoms. The van der Waals surface area contributed by atoms with E-state index in [1.807, 2.05) is 0 Å². The van der Waals surface area contributed by atoms with Crippen molar-refractivity contribution in [1.29, 1.82) is 0 Å². The van der Waals surface area contributed by atoms with Gasteiger partial charge in [0.1, 0.15) is 0 Å². The van der Waals surface area contributed by atoms with Gasteiger partial charge >= 0.3 is 0 Å². The molecule has 858 valence electrons. The number of amides is 1. The molecule has 0 bridgehead atoms. The third-order valence-corrected chi connectivity index (χ3v) is 32.5. The van der Waals surface area contributed by atoms with Crippen molar-refractivity contribution in [2.75, 3.05) is 20.1 Å². The first kappa shape index (κ1) is 143. The maximum Gasteiger partial charge on any atom is 0.220 e. The third-order valence-electron chi connectivity index (χ3n) is 32.5. The van der Waals surface area contributed by atoms with Gasteiger partial charge in [0.2, 0.25) is 5.91 Å². The average Bonchev–Trinajstić information content (AvgIpc) is 0.927. The summed E-state index contributed by atoms with van der Waals surface area (Å²) < 4.78 is 0. The van der Waals surface area contributed by atoms with Gasteiger partial charge in [-0.05, 0) is 295 Å². The summed E-state index contributed by atoms with van der Waals surface area (Å²) in [6.45, 7) is 16.2. The summed E-state index contributed by atoms with van der Waals surface area (Å²) in [7, 11) is 2.46. The second kappa shape index (κ2) is 126. The lowest BCUT2D eigenvalue weighted by Gasteiger charge is -2.29. The Morgan fingerprint density at radius 2 is 0.429 bits per heavy atom. The van der Waals surface area contributed by atoms with Crippen LogP contribution >= 0.6 is 0 Å². The zero-order valence-corrected chi connectivity index (χ0v) is 100. The fraction of sp³-hybridized carbons (Fsp3) is 0.825. The molecule has 3 saturated carbocycles. The first-order chi connectivity index (χ1) is 72.4. The van der Waals surface area contributed by atoms with Gasteiger partial charge in [0.05, 0.1) is 0 Å². The van der Waals surface area contributed by atoms with Gasteiger partial charge in [-0.15, -0.1) is 0 Å². The SMILES string of the molecule is C.CCCCC/C=C\C/C=C\CCCCCCCCC(CCCCCCCC/C=C\C/C=C\CCCCC)N(C)CCCCC1CCCCC1.CCCCC/C=C\C/C=C\CCCCCCCCC(CCCCCCCC/C=C\C/C=C\CCCCC)NC(=O)CCCC1CCCCC1.CCCCC/C=C\C/C=C\CCCCCCCCC(CCCCCCCC/C=C\C/C=C\CCCCC)NCCCCC1CCCCC1. The topological polar surface area (TPSA) is 44.4 Å². The highest BCUT2D eigenvalue weighted by Gasteiger charge is 2.20. The molecule has 3 aliphatic rings. The van der Waals surface area contributed by atoms with Gasteiger partial charge < -0.3 is 15.5 Å². The molecule has 147 heavy (non-hydrogen) atoms. The molecule has 0 heterocycles. The number of carbonyl (C=O) groups is 1. The minimum Gasteiger partial charge on any atom is -0.353 e. The fourth-order valence-electron chi connectivity index (χ4n) is 22.6. The lowest BCUT2D eigenvalue weighted by atomic mass is 9.86. The van der Waals surface area contributed by atoms with Gasteiger partial charge in [0, 0.05) is 24.5 Å². The fourth-order valence-corrected chi connectivity index (χ4v) is 22.6. The molecule has 4 nitrogen and oxygen atoms in total. The lowest BCUT2D eigenvalue weighted by Crippen LogP contribution is -2.34. The Hall–Kier alpha value is -3.73. The average molecular weight is 2040 g/mol. The number of nitrogens with one attached hydrogen (secondary N) is 2. The number of hydrogen-bond donors (Lipinski definition) is 2. The Morgan fingerprint density at radius 3 is 0.673 bits per heavy atom. The quantitative estimate of drug-likeness (QED) is 0.0471. The zero-order chi connectivity index (χ0) is 105. The molecule has 0 aromatic rings. The van der Waals surface area contributed by atoms with Crippen LogP contribution in [0.25, 0.3) is 0 Å². The molecule has 0 radical (unpaired) electrons. The number of unbranched alkanes of at least 4 members (excludes halogenated alkanes) is 56. The summed E-state index contributed by atoms with van der Waals surface area (Å²) in [4.78, 5) is 15.7. The Kier molecular flexibility index (Phi) is 123. The predicted octanol–water partition coefficient (Wildman–Crippen LogP) is 48.8. The number of hydrogen-bond acceptors (Lipinski definition) is 3. The van der Waals surface area contributed by atoms with Crippen LogP contribution in [0.2, 0.25) is 0 Å². The van der Waals surface area contributed by atoms with Crippen molar-refractivity contribution in [1.82, 2.24) is 15.5 Å². The number of nitrogens with zero attached hydrogens (tertiary/aromatic N) is 1. The van der Waals surface area contributed by atoms with E-state index in [0.29, 0.717) is 11.9 Å². The van der Waals surface area contributed by atoms with Gasteiger partial charge in [-0.25, -0.2) is 0 Å². The summed E-state index contributed by atoms with van der Waals surface area (Å²) in [6.07, 6.45) is 195. The van der Waals surface area contributed by atoms with Crippen LogP contribution in [0.5, 0.6) is 0 Å². The first-order valence-corrected chi connectivity index (χ1v) is 66.9. The van der Waals surface area contributed by atoms with Crippen LogP contribution in [0.3, 0.4) is 0 Å². The second-order valence-electron chi connectivity index (χ2n) is 46.7.